The van der Waals surface area contributed by atoms with Gasteiger partial charge in [-0.25, -0.2) is 0 Å². The largest absolute Gasteiger partial charge is 0.309 e. The first-order valence-electron chi connectivity index (χ1n) is 19.1. The number of hydrogen-bond donors (Lipinski definition) is 0. The second-order valence-corrected chi connectivity index (χ2v) is 15.2. The number of nitrogens with zero attached hydrogens (tertiary/aromatic N) is 1. The number of fused-ring (bicyclic) bond motifs is 3. The molecule has 0 radical (unpaired) electrons. The van der Waals surface area contributed by atoms with Gasteiger partial charge in [-0.1, -0.05) is 170 Å². The normalized spacial score (nSPS) is 11.2. The molecule has 0 aliphatic rings. The average molecular weight is 732 g/mol. The first kappa shape index (κ1) is 33.6. The summed E-state index contributed by atoms with van der Waals surface area (Å²) in [5.74, 6) is 0. The lowest BCUT2D eigenvalue weighted by molar-refractivity contribution is 1.30. The van der Waals surface area contributed by atoms with Crippen LogP contribution < -0.4 is 4.90 Å². The smallest absolute Gasteiger partial charge is 0.0640 e. The summed E-state index contributed by atoms with van der Waals surface area (Å²) in [6, 6.07) is 81.3. The van der Waals surface area contributed by atoms with Gasteiger partial charge in [0.15, 0.2) is 0 Å². The van der Waals surface area contributed by atoms with E-state index in [1.165, 1.54) is 81.5 Å². The van der Waals surface area contributed by atoms with Crippen molar-refractivity contribution in [3.05, 3.63) is 224 Å². The van der Waals surface area contributed by atoms with E-state index < -0.39 is 0 Å². The Balaban J connectivity index is 1.06. The van der Waals surface area contributed by atoms with Gasteiger partial charge in [-0.05, 0) is 110 Å². The van der Waals surface area contributed by atoms with E-state index in [1.807, 2.05) is 11.3 Å². The zero-order valence-electron chi connectivity index (χ0n) is 30.7. The molecule has 0 unspecified atom stereocenters. The van der Waals surface area contributed by atoms with E-state index in [9.17, 15) is 0 Å². The summed E-state index contributed by atoms with van der Waals surface area (Å²) in [6.45, 7) is 0. The van der Waals surface area contributed by atoms with Gasteiger partial charge in [-0.15, -0.1) is 11.3 Å². The molecule has 0 saturated heterocycles. The van der Waals surface area contributed by atoms with Crippen LogP contribution in [0.15, 0.2) is 224 Å². The summed E-state index contributed by atoms with van der Waals surface area (Å²) >= 11 is 1.86. The topological polar surface area (TPSA) is 3.24 Å². The van der Waals surface area contributed by atoms with Gasteiger partial charge in [0.25, 0.3) is 0 Å². The Hall–Kier alpha value is -7.00. The van der Waals surface area contributed by atoms with E-state index in [0.717, 1.165) is 11.4 Å². The minimum atomic E-state index is 1.11. The predicted octanol–water partition coefficient (Wildman–Crippen LogP) is 15.9. The SMILES string of the molecule is c1ccc(-c2ccc(-c3ccc(N(c4ccc(-c5cc(-c6ccccc6)cc(-c6ccccc6)c5)cc4)c4cccc5c4sc4ccccc45)cc3)cc2)cc1. The van der Waals surface area contributed by atoms with E-state index in [0.29, 0.717) is 0 Å². The highest BCUT2D eigenvalue weighted by molar-refractivity contribution is 7.26. The van der Waals surface area contributed by atoms with Gasteiger partial charge in [0.05, 0.1) is 10.4 Å². The van der Waals surface area contributed by atoms with Gasteiger partial charge in [-0.3, -0.25) is 0 Å². The average Bonchev–Trinajstić information content (AvgIpc) is 3.67. The molecule has 0 N–H and O–H groups in total. The number of hydrogen-bond acceptors (Lipinski definition) is 2. The Kier molecular flexibility index (Phi) is 8.79. The van der Waals surface area contributed by atoms with Crippen LogP contribution >= 0.6 is 11.3 Å². The third kappa shape index (κ3) is 6.47. The van der Waals surface area contributed by atoms with E-state index in [-0.39, 0.29) is 0 Å². The molecule has 2 heteroatoms. The molecule has 264 valence electrons. The molecular weight excluding hydrogens is 695 g/mol. The highest BCUT2D eigenvalue weighted by Crippen LogP contribution is 2.45. The fraction of sp³-hybridized carbons (Fsp3) is 0. The van der Waals surface area contributed by atoms with E-state index in [4.69, 9.17) is 0 Å². The predicted molar refractivity (Wildman–Crippen MR) is 241 cm³/mol. The Morgan fingerprint density at radius 3 is 1.11 bits per heavy atom. The van der Waals surface area contributed by atoms with Crippen LogP contribution in [0.2, 0.25) is 0 Å². The van der Waals surface area contributed by atoms with E-state index in [1.54, 1.807) is 0 Å². The van der Waals surface area contributed by atoms with Crippen LogP contribution in [0.3, 0.4) is 0 Å². The molecule has 9 aromatic carbocycles. The monoisotopic (exact) mass is 731 g/mol. The maximum atomic E-state index is 2.42. The third-order valence-electron chi connectivity index (χ3n) is 10.7. The number of anilines is 3. The van der Waals surface area contributed by atoms with Crippen molar-refractivity contribution in [1.29, 1.82) is 0 Å². The third-order valence-corrected chi connectivity index (χ3v) is 11.9. The highest BCUT2D eigenvalue weighted by atomic mass is 32.1. The second kappa shape index (κ2) is 14.7. The maximum absolute atomic E-state index is 2.42. The standard InChI is InChI=1S/C54H37NS/c1-4-13-38(14-5-1)41-23-25-42(26-24-41)43-27-31-48(32-28-43)55(52-21-12-20-51-50-19-10-11-22-53(50)56-54(51)52)49-33-29-44(30-34-49)47-36-45(39-15-6-2-7-16-39)35-46(37-47)40-17-8-3-9-18-40/h1-37H. The zero-order chi connectivity index (χ0) is 37.3. The van der Waals surface area contributed by atoms with Crippen LogP contribution in [0.25, 0.3) is 75.8 Å². The van der Waals surface area contributed by atoms with Crippen LogP contribution in [0, 0.1) is 0 Å². The van der Waals surface area contributed by atoms with Crippen molar-refractivity contribution in [3.63, 3.8) is 0 Å². The van der Waals surface area contributed by atoms with Gasteiger partial charge in [-0.2, -0.15) is 0 Å². The molecule has 1 nitrogen and oxygen atoms in total. The summed E-state index contributed by atoms with van der Waals surface area (Å²) in [7, 11) is 0. The maximum Gasteiger partial charge on any atom is 0.0640 e. The molecule has 0 aliphatic heterocycles. The molecular formula is C54H37NS. The van der Waals surface area contributed by atoms with Gasteiger partial charge < -0.3 is 4.90 Å². The van der Waals surface area contributed by atoms with E-state index in [2.05, 4.69) is 229 Å². The molecule has 0 spiro atoms. The molecule has 1 heterocycles. The van der Waals surface area contributed by atoms with Crippen molar-refractivity contribution in [2.45, 2.75) is 0 Å². The van der Waals surface area contributed by atoms with Gasteiger partial charge in [0, 0.05) is 26.8 Å². The molecule has 0 atom stereocenters. The second-order valence-electron chi connectivity index (χ2n) is 14.2. The summed E-state index contributed by atoms with van der Waals surface area (Å²) in [6.07, 6.45) is 0. The molecule has 10 rings (SSSR count). The number of benzene rings is 9. The fourth-order valence-corrected chi connectivity index (χ4v) is 9.02. The molecule has 1 aromatic heterocycles. The molecule has 0 saturated carbocycles. The minimum absolute atomic E-state index is 1.11. The van der Waals surface area contributed by atoms with Crippen molar-refractivity contribution in [1.82, 2.24) is 0 Å². The fourth-order valence-electron chi connectivity index (χ4n) is 7.82. The summed E-state index contributed by atoms with van der Waals surface area (Å²) < 4.78 is 2.58. The van der Waals surface area contributed by atoms with Gasteiger partial charge >= 0.3 is 0 Å². The molecule has 0 aliphatic carbocycles. The first-order chi connectivity index (χ1) is 27.7. The molecule has 0 bridgehead atoms. The summed E-state index contributed by atoms with van der Waals surface area (Å²) in [5.41, 5.74) is 15.4. The molecule has 56 heavy (non-hydrogen) atoms. The van der Waals surface area contributed by atoms with Crippen molar-refractivity contribution in [3.8, 4) is 55.6 Å². The highest BCUT2D eigenvalue weighted by Gasteiger charge is 2.19. The quantitative estimate of drug-likeness (QED) is 0.150. The van der Waals surface area contributed by atoms with Crippen LogP contribution in [-0.4, -0.2) is 0 Å². The van der Waals surface area contributed by atoms with Crippen LogP contribution in [-0.2, 0) is 0 Å². The van der Waals surface area contributed by atoms with E-state index >= 15 is 0 Å². The van der Waals surface area contributed by atoms with Crippen molar-refractivity contribution < 1.29 is 0 Å². The Labute approximate surface area is 332 Å². The lowest BCUT2D eigenvalue weighted by Crippen LogP contribution is -2.10. The first-order valence-corrected chi connectivity index (χ1v) is 19.9. The van der Waals surface area contributed by atoms with Crippen molar-refractivity contribution in [2.24, 2.45) is 0 Å². The Morgan fingerprint density at radius 1 is 0.268 bits per heavy atom. The van der Waals surface area contributed by atoms with Gasteiger partial charge in [0.2, 0.25) is 0 Å². The Morgan fingerprint density at radius 2 is 0.625 bits per heavy atom. The molecule has 0 amide bonds. The molecule has 0 fully saturated rings. The zero-order valence-corrected chi connectivity index (χ0v) is 31.5. The van der Waals surface area contributed by atoms with Crippen LogP contribution in [0.4, 0.5) is 17.1 Å². The van der Waals surface area contributed by atoms with Gasteiger partial charge in [0.1, 0.15) is 0 Å². The van der Waals surface area contributed by atoms with Crippen LogP contribution in [0.1, 0.15) is 0 Å². The lowest BCUT2D eigenvalue weighted by Gasteiger charge is -2.26. The molecule has 10 aromatic rings. The number of thiophene rings is 1. The Bertz CT molecular complexity index is 2850. The number of rotatable bonds is 8. The summed E-state index contributed by atoms with van der Waals surface area (Å²) in [4.78, 5) is 2.42. The minimum Gasteiger partial charge on any atom is -0.309 e. The summed E-state index contributed by atoms with van der Waals surface area (Å²) in [5, 5.41) is 2.58. The van der Waals surface area contributed by atoms with Crippen molar-refractivity contribution in [2.75, 3.05) is 4.90 Å². The lowest BCUT2D eigenvalue weighted by atomic mass is 9.93. The van der Waals surface area contributed by atoms with Crippen LogP contribution in [0.5, 0.6) is 0 Å². The van der Waals surface area contributed by atoms with Crippen molar-refractivity contribution >= 4 is 48.6 Å².